The second-order valence-electron chi connectivity index (χ2n) is 6.00. The van der Waals surface area contributed by atoms with E-state index in [0.29, 0.717) is 11.5 Å². The fourth-order valence-electron chi connectivity index (χ4n) is 2.96. The van der Waals surface area contributed by atoms with Gasteiger partial charge in [0.05, 0.1) is 12.5 Å². The van der Waals surface area contributed by atoms with Crippen molar-refractivity contribution in [3.63, 3.8) is 0 Å². The first-order chi connectivity index (χ1) is 10.7. The van der Waals surface area contributed by atoms with Gasteiger partial charge >= 0.3 is 0 Å². The van der Waals surface area contributed by atoms with Gasteiger partial charge in [-0.1, -0.05) is 0 Å². The summed E-state index contributed by atoms with van der Waals surface area (Å²) >= 11 is 0. The molecule has 0 atom stereocenters. The van der Waals surface area contributed by atoms with E-state index >= 15 is 0 Å². The molecule has 0 N–H and O–H groups in total. The highest BCUT2D eigenvalue weighted by molar-refractivity contribution is 5.05. The van der Waals surface area contributed by atoms with Crippen molar-refractivity contribution >= 4 is 0 Å². The van der Waals surface area contributed by atoms with Crippen LogP contribution in [0.1, 0.15) is 24.0 Å². The van der Waals surface area contributed by atoms with E-state index in [0.717, 1.165) is 39.0 Å². The Labute approximate surface area is 129 Å². The van der Waals surface area contributed by atoms with Crippen molar-refractivity contribution < 1.29 is 0 Å². The monoisotopic (exact) mass is 299 g/mol. The molecule has 22 heavy (non-hydrogen) atoms. The zero-order valence-electron chi connectivity index (χ0n) is 12.9. The molecule has 1 saturated heterocycles. The largest absolute Gasteiger partial charge is 0.299 e. The van der Waals surface area contributed by atoms with Gasteiger partial charge < -0.3 is 0 Å². The van der Waals surface area contributed by atoms with Crippen LogP contribution in [0.25, 0.3) is 0 Å². The molecule has 1 fully saturated rings. The van der Waals surface area contributed by atoms with Crippen molar-refractivity contribution in [3.05, 3.63) is 52.5 Å². The lowest BCUT2D eigenvalue weighted by Gasteiger charge is -2.32. The fraction of sp³-hybridized carbons (Fsp3) is 0.500. The lowest BCUT2D eigenvalue weighted by atomic mass is 9.96. The molecule has 3 rings (SSSR count). The summed E-state index contributed by atoms with van der Waals surface area (Å²) in [6.45, 7) is 5.63. The summed E-state index contributed by atoms with van der Waals surface area (Å²) in [5.41, 5.74) is 2.00. The minimum Gasteiger partial charge on any atom is -0.299 e. The Morgan fingerprint density at radius 2 is 2.05 bits per heavy atom. The van der Waals surface area contributed by atoms with Gasteiger partial charge in [-0.3, -0.25) is 14.3 Å². The molecule has 1 aliphatic heterocycles. The summed E-state index contributed by atoms with van der Waals surface area (Å²) in [5, 5.41) is 7.72. The molecule has 116 valence electrons. The van der Waals surface area contributed by atoms with Crippen LogP contribution in [0.15, 0.2) is 35.8 Å². The standard InChI is InChI=1S/C16H21N5O/c1-13-8-17-12-21(16(13)22)11-14-3-6-20(7-4-14)10-15-2-5-18-19-9-15/h2,5,8-9,12,14H,3-4,6-7,10-11H2,1H3. The minimum absolute atomic E-state index is 0.0836. The maximum absolute atomic E-state index is 12.0. The van der Waals surface area contributed by atoms with Crippen LogP contribution in [0.3, 0.4) is 0 Å². The van der Waals surface area contributed by atoms with Gasteiger partial charge in [0.15, 0.2) is 0 Å². The predicted molar refractivity (Wildman–Crippen MR) is 83.3 cm³/mol. The van der Waals surface area contributed by atoms with E-state index in [1.54, 1.807) is 23.3 Å². The molecule has 6 nitrogen and oxygen atoms in total. The zero-order valence-corrected chi connectivity index (χ0v) is 12.9. The molecule has 0 aliphatic carbocycles. The van der Waals surface area contributed by atoms with Gasteiger partial charge in [0, 0.05) is 31.0 Å². The SMILES string of the molecule is Cc1cncn(CC2CCN(Cc3ccnnc3)CC2)c1=O. The van der Waals surface area contributed by atoms with Gasteiger partial charge in [-0.15, -0.1) is 0 Å². The number of nitrogens with zero attached hydrogens (tertiary/aromatic N) is 5. The highest BCUT2D eigenvalue weighted by Crippen LogP contribution is 2.19. The van der Waals surface area contributed by atoms with Crippen LogP contribution in [0.5, 0.6) is 0 Å². The van der Waals surface area contributed by atoms with E-state index in [2.05, 4.69) is 20.1 Å². The third kappa shape index (κ3) is 3.57. The summed E-state index contributed by atoms with van der Waals surface area (Å²) in [6, 6.07) is 2.01. The molecule has 0 amide bonds. The summed E-state index contributed by atoms with van der Waals surface area (Å²) in [7, 11) is 0. The van der Waals surface area contributed by atoms with Crippen LogP contribution in [0.4, 0.5) is 0 Å². The van der Waals surface area contributed by atoms with E-state index < -0.39 is 0 Å². The van der Waals surface area contributed by atoms with Crippen molar-refractivity contribution in [2.45, 2.75) is 32.9 Å². The Kier molecular flexibility index (Phi) is 4.58. The molecule has 0 saturated carbocycles. The number of aromatic nitrogens is 4. The molecule has 0 unspecified atom stereocenters. The smallest absolute Gasteiger partial charge is 0.256 e. The minimum atomic E-state index is 0.0836. The third-order valence-corrected chi connectivity index (χ3v) is 4.29. The quantitative estimate of drug-likeness (QED) is 0.850. The first kappa shape index (κ1) is 14.8. The molecule has 6 heteroatoms. The van der Waals surface area contributed by atoms with Gasteiger partial charge in [-0.25, -0.2) is 4.98 Å². The molecule has 0 spiro atoms. The summed E-state index contributed by atoms with van der Waals surface area (Å²) in [4.78, 5) is 18.6. The normalized spacial score (nSPS) is 16.8. The maximum Gasteiger partial charge on any atom is 0.256 e. The van der Waals surface area contributed by atoms with Gasteiger partial charge in [-0.05, 0) is 50.4 Å². The van der Waals surface area contributed by atoms with Crippen LogP contribution in [0.2, 0.25) is 0 Å². The van der Waals surface area contributed by atoms with Gasteiger partial charge in [0.1, 0.15) is 0 Å². The lowest BCUT2D eigenvalue weighted by molar-refractivity contribution is 0.166. The predicted octanol–water partition coefficient (Wildman–Crippen LogP) is 1.25. The number of hydrogen-bond acceptors (Lipinski definition) is 5. The molecule has 1 aliphatic rings. The second-order valence-corrected chi connectivity index (χ2v) is 6.00. The van der Waals surface area contributed by atoms with E-state index in [9.17, 15) is 4.79 Å². The molecule has 0 bridgehead atoms. The Bertz CT molecular complexity index is 662. The second kappa shape index (κ2) is 6.79. The van der Waals surface area contributed by atoms with Crippen molar-refractivity contribution in [1.82, 2.24) is 24.6 Å². The van der Waals surface area contributed by atoms with Crippen molar-refractivity contribution in [2.75, 3.05) is 13.1 Å². The Morgan fingerprint density at radius 3 is 2.77 bits per heavy atom. The maximum atomic E-state index is 12.0. The van der Waals surface area contributed by atoms with Crippen molar-refractivity contribution in [2.24, 2.45) is 5.92 Å². The fourth-order valence-corrected chi connectivity index (χ4v) is 2.96. The van der Waals surface area contributed by atoms with Gasteiger partial charge in [0.2, 0.25) is 0 Å². The number of piperidine rings is 1. The highest BCUT2D eigenvalue weighted by Gasteiger charge is 2.20. The lowest BCUT2D eigenvalue weighted by Crippen LogP contribution is -2.36. The van der Waals surface area contributed by atoms with Crippen LogP contribution in [0, 0.1) is 12.8 Å². The molecular weight excluding hydrogens is 278 g/mol. The topological polar surface area (TPSA) is 63.9 Å². The number of hydrogen-bond donors (Lipinski definition) is 0. The van der Waals surface area contributed by atoms with Crippen LogP contribution >= 0.6 is 0 Å². The van der Waals surface area contributed by atoms with Crippen LogP contribution in [-0.2, 0) is 13.1 Å². The summed E-state index contributed by atoms with van der Waals surface area (Å²) in [5.74, 6) is 0.549. The first-order valence-electron chi connectivity index (χ1n) is 7.71. The van der Waals surface area contributed by atoms with E-state index in [1.807, 2.05) is 19.2 Å². The molecule has 0 radical (unpaired) electrons. The molecule has 3 heterocycles. The molecule has 0 aromatic carbocycles. The number of aryl methyl sites for hydroxylation is 1. The zero-order chi connectivity index (χ0) is 15.4. The van der Waals surface area contributed by atoms with Gasteiger partial charge in [0.25, 0.3) is 5.56 Å². The van der Waals surface area contributed by atoms with E-state index in [4.69, 9.17) is 0 Å². The Balaban J connectivity index is 1.54. The molecule has 2 aromatic heterocycles. The van der Waals surface area contributed by atoms with Crippen LogP contribution in [-0.4, -0.2) is 37.7 Å². The number of rotatable bonds is 4. The van der Waals surface area contributed by atoms with E-state index in [1.165, 1.54) is 5.56 Å². The average Bonchev–Trinajstić information content (AvgIpc) is 2.55. The van der Waals surface area contributed by atoms with Crippen molar-refractivity contribution in [3.8, 4) is 0 Å². The highest BCUT2D eigenvalue weighted by atomic mass is 16.1. The van der Waals surface area contributed by atoms with Gasteiger partial charge in [-0.2, -0.15) is 10.2 Å². The number of likely N-dealkylation sites (tertiary alicyclic amines) is 1. The Morgan fingerprint density at radius 1 is 1.23 bits per heavy atom. The molecule has 2 aromatic rings. The van der Waals surface area contributed by atoms with Crippen molar-refractivity contribution in [1.29, 1.82) is 0 Å². The summed E-state index contributed by atoms with van der Waals surface area (Å²) < 4.78 is 1.75. The third-order valence-electron chi connectivity index (χ3n) is 4.29. The Hall–Kier alpha value is -2.08. The average molecular weight is 299 g/mol. The van der Waals surface area contributed by atoms with E-state index in [-0.39, 0.29) is 5.56 Å². The summed E-state index contributed by atoms with van der Waals surface area (Å²) in [6.07, 6.45) is 9.07. The molecular formula is C16H21N5O. The van der Waals surface area contributed by atoms with Crippen LogP contribution < -0.4 is 5.56 Å². The first-order valence-corrected chi connectivity index (χ1v) is 7.71.